The van der Waals surface area contributed by atoms with Crippen molar-refractivity contribution in [1.82, 2.24) is 5.32 Å². The number of nitrogens with two attached hydrogens (primary N) is 1. The molecule has 0 atom stereocenters. The largest absolute Gasteiger partial charge is 0.366 e. The summed E-state index contributed by atoms with van der Waals surface area (Å²) >= 11 is 10.9. The maximum absolute atomic E-state index is 12.0. The second-order valence-corrected chi connectivity index (χ2v) is 5.21. The number of anilines is 1. The predicted octanol–water partition coefficient (Wildman–Crippen LogP) is 2.57. The van der Waals surface area contributed by atoms with Crippen molar-refractivity contribution in [2.75, 3.05) is 5.32 Å². The van der Waals surface area contributed by atoms with Gasteiger partial charge in [-0.15, -0.1) is 0 Å². The number of benzene rings is 2. The summed E-state index contributed by atoms with van der Waals surface area (Å²) in [5.74, 6) is -0.927. The van der Waals surface area contributed by atoms with Crippen molar-refractivity contribution in [3.63, 3.8) is 0 Å². The Hall–Kier alpha value is -2.44. The molecule has 0 fully saturated rings. The molecule has 0 aromatic heterocycles. The van der Waals surface area contributed by atoms with E-state index in [1.165, 1.54) is 6.07 Å². The van der Waals surface area contributed by atoms with E-state index in [1.54, 1.807) is 42.5 Å². The third kappa shape index (κ3) is 4.28. The minimum atomic E-state index is -0.544. The first-order chi connectivity index (χ1) is 10.5. The molecule has 5 nitrogen and oxygen atoms in total. The molecule has 2 rings (SSSR count). The lowest BCUT2D eigenvalue weighted by atomic mass is 10.2. The van der Waals surface area contributed by atoms with Gasteiger partial charge in [-0.05, 0) is 48.6 Å². The minimum absolute atomic E-state index is 0.103. The van der Waals surface area contributed by atoms with Gasteiger partial charge < -0.3 is 11.1 Å². The third-order valence-corrected chi connectivity index (χ3v) is 3.16. The van der Waals surface area contributed by atoms with Crippen LogP contribution in [0.15, 0.2) is 48.5 Å². The molecule has 22 heavy (non-hydrogen) atoms. The van der Waals surface area contributed by atoms with Crippen LogP contribution in [-0.4, -0.2) is 16.9 Å². The van der Waals surface area contributed by atoms with Gasteiger partial charge in [-0.25, -0.2) is 0 Å². The molecule has 0 saturated heterocycles. The van der Waals surface area contributed by atoms with Gasteiger partial charge in [0.2, 0.25) is 5.91 Å². The Kier molecular flexibility index (Phi) is 5.08. The van der Waals surface area contributed by atoms with E-state index in [2.05, 4.69) is 10.6 Å². The summed E-state index contributed by atoms with van der Waals surface area (Å²) < 4.78 is 0. The van der Waals surface area contributed by atoms with E-state index >= 15 is 0 Å². The van der Waals surface area contributed by atoms with E-state index in [0.29, 0.717) is 21.8 Å². The Labute approximate surface area is 137 Å². The van der Waals surface area contributed by atoms with Crippen molar-refractivity contribution in [2.24, 2.45) is 5.73 Å². The molecule has 0 aliphatic rings. The number of carbonyl (C=O) groups excluding carboxylic acids is 2. The fraction of sp³-hybridized carbons (Fsp3) is 0. The number of nitrogens with one attached hydrogen (secondary N) is 2. The lowest BCUT2D eigenvalue weighted by Crippen LogP contribution is -2.34. The van der Waals surface area contributed by atoms with Gasteiger partial charge in [0, 0.05) is 21.8 Å². The van der Waals surface area contributed by atoms with Crippen LogP contribution in [0.3, 0.4) is 0 Å². The van der Waals surface area contributed by atoms with Crippen molar-refractivity contribution in [3.8, 4) is 0 Å². The molecule has 2 aromatic rings. The molecule has 0 aliphatic carbocycles. The second-order valence-electron chi connectivity index (χ2n) is 4.36. The Morgan fingerprint density at radius 2 is 1.73 bits per heavy atom. The molecule has 0 unspecified atom stereocenters. The highest BCUT2D eigenvalue weighted by Gasteiger charge is 2.09. The average molecular weight is 334 g/mol. The number of primary amides is 1. The average Bonchev–Trinajstić information content (AvgIpc) is 2.47. The number of thiocarbonyl (C=S) groups is 1. The number of halogens is 1. The van der Waals surface area contributed by atoms with Crippen molar-refractivity contribution < 1.29 is 9.59 Å². The minimum Gasteiger partial charge on any atom is -0.366 e. The SMILES string of the molecule is NC(=O)c1cccc(NC(=S)NC(=O)c2cccc(Cl)c2)c1. The Balaban J connectivity index is 2.02. The molecule has 0 aliphatic heterocycles. The fourth-order valence-corrected chi connectivity index (χ4v) is 2.12. The third-order valence-electron chi connectivity index (χ3n) is 2.72. The number of hydrogen-bond donors (Lipinski definition) is 3. The van der Waals surface area contributed by atoms with E-state index in [1.807, 2.05) is 0 Å². The van der Waals surface area contributed by atoms with E-state index in [-0.39, 0.29) is 11.0 Å². The van der Waals surface area contributed by atoms with Gasteiger partial charge >= 0.3 is 0 Å². The zero-order valence-electron chi connectivity index (χ0n) is 11.3. The summed E-state index contributed by atoms with van der Waals surface area (Å²) in [6.07, 6.45) is 0. The van der Waals surface area contributed by atoms with Crippen LogP contribution in [0.25, 0.3) is 0 Å². The van der Waals surface area contributed by atoms with Crippen molar-refractivity contribution in [1.29, 1.82) is 0 Å². The number of hydrogen-bond acceptors (Lipinski definition) is 3. The highest BCUT2D eigenvalue weighted by atomic mass is 35.5. The number of amides is 2. The van der Waals surface area contributed by atoms with E-state index in [0.717, 1.165) is 0 Å². The highest BCUT2D eigenvalue weighted by Crippen LogP contribution is 2.12. The monoisotopic (exact) mass is 333 g/mol. The highest BCUT2D eigenvalue weighted by molar-refractivity contribution is 7.80. The normalized spacial score (nSPS) is 9.86. The molecule has 4 N–H and O–H groups in total. The molecule has 0 bridgehead atoms. The van der Waals surface area contributed by atoms with Gasteiger partial charge in [-0.1, -0.05) is 23.7 Å². The first kappa shape index (κ1) is 15.9. The first-order valence-corrected chi connectivity index (χ1v) is 7.02. The van der Waals surface area contributed by atoms with Crippen molar-refractivity contribution >= 4 is 46.4 Å². The zero-order chi connectivity index (χ0) is 16.1. The van der Waals surface area contributed by atoms with Crippen molar-refractivity contribution in [2.45, 2.75) is 0 Å². The lowest BCUT2D eigenvalue weighted by molar-refractivity contribution is 0.0975. The van der Waals surface area contributed by atoms with E-state index < -0.39 is 5.91 Å². The quantitative estimate of drug-likeness (QED) is 0.754. The van der Waals surface area contributed by atoms with Crippen LogP contribution in [0.2, 0.25) is 5.02 Å². The summed E-state index contributed by atoms with van der Waals surface area (Å²) in [7, 11) is 0. The van der Waals surface area contributed by atoms with E-state index in [4.69, 9.17) is 29.6 Å². The van der Waals surface area contributed by atoms with Crippen LogP contribution < -0.4 is 16.4 Å². The summed E-state index contributed by atoms with van der Waals surface area (Å²) in [4.78, 5) is 23.1. The maximum Gasteiger partial charge on any atom is 0.257 e. The van der Waals surface area contributed by atoms with Crippen molar-refractivity contribution in [3.05, 3.63) is 64.7 Å². The topological polar surface area (TPSA) is 84.2 Å². The number of carbonyl (C=O) groups is 2. The smallest absolute Gasteiger partial charge is 0.257 e. The van der Waals surface area contributed by atoms with Gasteiger partial charge in [-0.2, -0.15) is 0 Å². The molecule has 2 aromatic carbocycles. The molecule has 2 amide bonds. The molecular formula is C15H12ClN3O2S. The van der Waals surface area contributed by atoms with Gasteiger partial charge in [-0.3, -0.25) is 14.9 Å². The van der Waals surface area contributed by atoms with Gasteiger partial charge in [0.25, 0.3) is 5.91 Å². The van der Waals surface area contributed by atoms with Gasteiger partial charge in [0.15, 0.2) is 5.11 Å². The second kappa shape index (κ2) is 7.02. The van der Waals surface area contributed by atoms with Crippen LogP contribution in [0.5, 0.6) is 0 Å². The summed E-state index contributed by atoms with van der Waals surface area (Å²) in [6.45, 7) is 0. The maximum atomic E-state index is 12.0. The van der Waals surface area contributed by atoms with Crippen LogP contribution in [0.4, 0.5) is 5.69 Å². The summed E-state index contributed by atoms with van der Waals surface area (Å²) in [5.41, 5.74) is 6.48. The molecular weight excluding hydrogens is 322 g/mol. The Morgan fingerprint density at radius 3 is 2.41 bits per heavy atom. The molecule has 0 heterocycles. The van der Waals surface area contributed by atoms with Crippen LogP contribution in [0.1, 0.15) is 20.7 Å². The zero-order valence-corrected chi connectivity index (χ0v) is 12.9. The number of rotatable bonds is 3. The Morgan fingerprint density at radius 1 is 1.05 bits per heavy atom. The summed E-state index contributed by atoms with van der Waals surface area (Å²) in [5, 5.41) is 5.90. The van der Waals surface area contributed by atoms with Gasteiger partial charge in [0.1, 0.15) is 0 Å². The molecule has 0 saturated carbocycles. The van der Waals surface area contributed by atoms with Crippen LogP contribution in [0, 0.1) is 0 Å². The summed E-state index contributed by atoms with van der Waals surface area (Å²) in [6, 6.07) is 13.0. The van der Waals surface area contributed by atoms with Crippen LogP contribution in [-0.2, 0) is 0 Å². The molecule has 0 radical (unpaired) electrons. The molecule has 0 spiro atoms. The van der Waals surface area contributed by atoms with Crippen LogP contribution >= 0.6 is 23.8 Å². The van der Waals surface area contributed by atoms with Gasteiger partial charge in [0.05, 0.1) is 0 Å². The Bertz CT molecular complexity index is 749. The standard InChI is InChI=1S/C15H12ClN3O2S/c16-11-5-1-4-10(7-11)14(21)19-15(22)18-12-6-2-3-9(8-12)13(17)20/h1-8H,(H2,17,20)(H2,18,19,21,22). The molecule has 112 valence electrons. The fourth-order valence-electron chi connectivity index (χ4n) is 1.72. The predicted molar refractivity (Wildman–Crippen MR) is 90.1 cm³/mol. The lowest BCUT2D eigenvalue weighted by Gasteiger charge is -2.10. The van der Waals surface area contributed by atoms with E-state index in [9.17, 15) is 9.59 Å². The first-order valence-electron chi connectivity index (χ1n) is 6.23. The molecule has 7 heteroatoms.